The molecule has 0 fully saturated rings. The van der Waals surface area contributed by atoms with Gasteiger partial charge < -0.3 is 9.30 Å². The van der Waals surface area contributed by atoms with Crippen molar-refractivity contribution in [2.24, 2.45) is 0 Å². The van der Waals surface area contributed by atoms with Gasteiger partial charge in [0, 0.05) is 23.2 Å². The van der Waals surface area contributed by atoms with Crippen molar-refractivity contribution in [2.75, 3.05) is 7.11 Å². The first-order valence-electron chi connectivity index (χ1n) is 9.94. The Labute approximate surface area is 185 Å². The zero-order valence-electron chi connectivity index (χ0n) is 17.1. The summed E-state index contributed by atoms with van der Waals surface area (Å²) >= 11 is 3.41. The van der Waals surface area contributed by atoms with E-state index >= 15 is 0 Å². The lowest BCUT2D eigenvalue weighted by molar-refractivity contribution is 0.415. The Kier molecular flexibility index (Phi) is 6.81. The van der Waals surface area contributed by atoms with E-state index in [0.717, 1.165) is 53.1 Å². The zero-order chi connectivity index (χ0) is 20.8. The Balaban J connectivity index is 1.58. The van der Waals surface area contributed by atoms with E-state index < -0.39 is 0 Å². The summed E-state index contributed by atoms with van der Waals surface area (Å²) in [7, 11) is 1.68. The summed E-state index contributed by atoms with van der Waals surface area (Å²) in [5.74, 6) is 2.50. The van der Waals surface area contributed by atoms with Gasteiger partial charge in [0.15, 0.2) is 11.0 Å². The molecule has 4 aromatic rings. The minimum absolute atomic E-state index is 0.794. The highest BCUT2D eigenvalue weighted by atomic mass is 32.2. The predicted molar refractivity (Wildman–Crippen MR) is 123 cm³/mol. The van der Waals surface area contributed by atoms with Crippen LogP contribution in [0.15, 0.2) is 65.1 Å². The van der Waals surface area contributed by atoms with E-state index in [1.807, 2.05) is 30.3 Å². The first-order valence-corrected chi connectivity index (χ1v) is 11.8. The Morgan fingerprint density at radius 3 is 2.53 bits per heavy atom. The smallest absolute Gasteiger partial charge is 0.191 e. The molecule has 0 atom stereocenters. The third kappa shape index (κ3) is 4.91. The molecule has 154 valence electrons. The molecule has 2 aromatic heterocycles. The molecule has 7 heteroatoms. The molecule has 0 unspecified atom stereocenters. The van der Waals surface area contributed by atoms with E-state index in [0.29, 0.717) is 0 Å². The van der Waals surface area contributed by atoms with Crippen LogP contribution in [0.1, 0.15) is 23.2 Å². The molecule has 4 rings (SSSR count). The lowest BCUT2D eigenvalue weighted by atomic mass is 10.1. The van der Waals surface area contributed by atoms with E-state index in [4.69, 9.17) is 4.74 Å². The first-order chi connectivity index (χ1) is 14.8. The summed E-state index contributed by atoms with van der Waals surface area (Å²) in [5.41, 5.74) is 3.44. The van der Waals surface area contributed by atoms with Gasteiger partial charge in [-0.2, -0.15) is 0 Å². The van der Waals surface area contributed by atoms with Crippen LogP contribution in [0.5, 0.6) is 5.75 Å². The third-order valence-electron chi connectivity index (χ3n) is 4.78. The average Bonchev–Trinajstić information content (AvgIpc) is 3.43. The third-order valence-corrected chi connectivity index (χ3v) is 6.83. The number of hydrogen-bond acceptors (Lipinski definition) is 6. The highest BCUT2D eigenvalue weighted by Crippen LogP contribution is 2.28. The van der Waals surface area contributed by atoms with Gasteiger partial charge in [-0.3, -0.25) is 0 Å². The molecule has 0 saturated heterocycles. The van der Waals surface area contributed by atoms with E-state index in [2.05, 4.69) is 56.3 Å². The maximum Gasteiger partial charge on any atom is 0.191 e. The van der Waals surface area contributed by atoms with Crippen LogP contribution in [0.25, 0.3) is 11.4 Å². The number of thioether (sulfide) groups is 1. The zero-order valence-corrected chi connectivity index (χ0v) is 18.7. The van der Waals surface area contributed by atoms with Gasteiger partial charge >= 0.3 is 0 Å². The Morgan fingerprint density at radius 1 is 1.03 bits per heavy atom. The summed E-state index contributed by atoms with van der Waals surface area (Å²) < 4.78 is 7.51. The summed E-state index contributed by atoms with van der Waals surface area (Å²) in [5, 5.41) is 13.3. The summed E-state index contributed by atoms with van der Waals surface area (Å²) in [6, 6.07) is 18.5. The van der Waals surface area contributed by atoms with Crippen LogP contribution < -0.4 is 4.74 Å². The molecule has 30 heavy (non-hydrogen) atoms. The second-order valence-corrected chi connectivity index (χ2v) is 8.68. The van der Waals surface area contributed by atoms with Crippen molar-refractivity contribution < 1.29 is 4.74 Å². The fourth-order valence-electron chi connectivity index (χ4n) is 3.15. The van der Waals surface area contributed by atoms with E-state index in [-0.39, 0.29) is 0 Å². The maximum atomic E-state index is 5.29. The van der Waals surface area contributed by atoms with Crippen molar-refractivity contribution in [1.82, 2.24) is 19.7 Å². The SMILES string of the molecule is CCc1nc(CSc2nnc(-c3ccc(OC)cc3)n2CCc2ccccc2)cs1. The molecule has 2 aromatic carbocycles. The van der Waals surface area contributed by atoms with Crippen LogP contribution in [-0.4, -0.2) is 26.9 Å². The van der Waals surface area contributed by atoms with Crippen molar-refractivity contribution in [3.05, 3.63) is 76.2 Å². The molecule has 0 aliphatic rings. The van der Waals surface area contributed by atoms with Crippen LogP contribution in [0.4, 0.5) is 0 Å². The Hall–Kier alpha value is -2.64. The van der Waals surface area contributed by atoms with Gasteiger partial charge in [-0.25, -0.2) is 4.98 Å². The number of benzene rings is 2. The van der Waals surface area contributed by atoms with E-state index in [9.17, 15) is 0 Å². The van der Waals surface area contributed by atoms with E-state index in [1.165, 1.54) is 10.6 Å². The number of methoxy groups -OCH3 is 1. The molecular weight excluding hydrogens is 412 g/mol. The molecule has 0 bridgehead atoms. The van der Waals surface area contributed by atoms with Gasteiger partial charge in [0.25, 0.3) is 0 Å². The average molecular weight is 437 g/mol. The minimum atomic E-state index is 0.794. The van der Waals surface area contributed by atoms with E-state index in [1.54, 1.807) is 30.2 Å². The molecule has 0 N–H and O–H groups in total. The lowest BCUT2D eigenvalue weighted by Crippen LogP contribution is -2.05. The van der Waals surface area contributed by atoms with Gasteiger partial charge in [0.1, 0.15) is 5.75 Å². The molecular formula is C23H24N4OS2. The molecule has 0 spiro atoms. The molecule has 0 amide bonds. The van der Waals surface area contributed by atoms with Crippen LogP contribution in [0.2, 0.25) is 0 Å². The topological polar surface area (TPSA) is 52.8 Å². The number of aryl methyl sites for hydroxylation is 2. The first kappa shape index (κ1) is 20.6. The fraction of sp³-hybridized carbons (Fsp3) is 0.261. The highest BCUT2D eigenvalue weighted by Gasteiger charge is 2.15. The van der Waals surface area contributed by atoms with Crippen molar-refractivity contribution in [3.8, 4) is 17.1 Å². The summed E-state index contributed by atoms with van der Waals surface area (Å²) in [4.78, 5) is 4.68. The Bertz CT molecular complexity index is 1070. The molecule has 0 radical (unpaired) electrons. The molecule has 5 nitrogen and oxygen atoms in total. The lowest BCUT2D eigenvalue weighted by Gasteiger charge is -2.11. The second-order valence-electron chi connectivity index (χ2n) is 6.80. The van der Waals surface area contributed by atoms with Crippen molar-refractivity contribution in [2.45, 2.75) is 37.2 Å². The normalized spacial score (nSPS) is 11.0. The second kappa shape index (κ2) is 9.91. The van der Waals surface area contributed by atoms with Crippen molar-refractivity contribution in [1.29, 1.82) is 0 Å². The number of nitrogens with zero attached hydrogens (tertiary/aromatic N) is 4. The van der Waals surface area contributed by atoms with Gasteiger partial charge in [0.05, 0.1) is 17.8 Å². The van der Waals surface area contributed by atoms with Crippen LogP contribution in [0, 0.1) is 0 Å². The quantitative estimate of drug-likeness (QED) is 0.324. The number of thiazole rings is 1. The summed E-state index contributed by atoms with van der Waals surface area (Å²) in [6.45, 7) is 2.95. The van der Waals surface area contributed by atoms with Crippen molar-refractivity contribution in [3.63, 3.8) is 0 Å². The largest absolute Gasteiger partial charge is 0.497 e. The van der Waals surface area contributed by atoms with Crippen LogP contribution in [-0.2, 0) is 25.1 Å². The number of aromatic nitrogens is 4. The maximum absolute atomic E-state index is 5.29. The number of hydrogen-bond donors (Lipinski definition) is 0. The van der Waals surface area contributed by atoms with Gasteiger partial charge in [0.2, 0.25) is 0 Å². The standard InChI is InChI=1S/C23H24N4OS2/c1-3-21-24-19(15-29-21)16-30-23-26-25-22(18-9-11-20(28-2)12-10-18)27(23)14-13-17-7-5-4-6-8-17/h4-12,15H,3,13-14,16H2,1-2H3. The van der Waals surface area contributed by atoms with Crippen LogP contribution in [0.3, 0.4) is 0 Å². The monoisotopic (exact) mass is 436 g/mol. The predicted octanol–water partition coefficient (Wildman–Crippen LogP) is 5.51. The molecule has 0 aliphatic heterocycles. The van der Waals surface area contributed by atoms with Crippen LogP contribution >= 0.6 is 23.1 Å². The minimum Gasteiger partial charge on any atom is -0.497 e. The number of ether oxygens (including phenoxy) is 1. The number of rotatable bonds is 9. The van der Waals surface area contributed by atoms with Gasteiger partial charge in [-0.1, -0.05) is 49.0 Å². The molecule has 2 heterocycles. The molecule has 0 saturated carbocycles. The highest BCUT2D eigenvalue weighted by molar-refractivity contribution is 7.98. The summed E-state index contributed by atoms with van der Waals surface area (Å²) in [6.07, 6.45) is 1.90. The fourth-order valence-corrected chi connectivity index (χ4v) is 4.86. The van der Waals surface area contributed by atoms with Gasteiger partial charge in [-0.05, 0) is 42.7 Å². The Morgan fingerprint density at radius 2 is 1.83 bits per heavy atom. The van der Waals surface area contributed by atoms with Crippen molar-refractivity contribution >= 4 is 23.1 Å². The molecule has 0 aliphatic carbocycles. The van der Waals surface area contributed by atoms with Gasteiger partial charge in [-0.15, -0.1) is 21.5 Å².